The second kappa shape index (κ2) is 5.27. The van der Waals surface area contributed by atoms with Gasteiger partial charge in [0.05, 0.1) is 0 Å². The molecule has 0 radical (unpaired) electrons. The third-order valence-electron chi connectivity index (χ3n) is 6.20. The van der Waals surface area contributed by atoms with Gasteiger partial charge < -0.3 is 5.11 Å². The van der Waals surface area contributed by atoms with E-state index in [2.05, 4.69) is 19.9 Å². The summed E-state index contributed by atoms with van der Waals surface area (Å²) < 4.78 is 0. The molecule has 1 fully saturated rings. The van der Waals surface area contributed by atoms with Crippen molar-refractivity contribution in [3.05, 3.63) is 34.9 Å². The third kappa shape index (κ3) is 2.20. The Hall–Kier alpha value is -1.48. The fourth-order valence-corrected chi connectivity index (χ4v) is 4.87. The Labute approximate surface area is 138 Å². The maximum atomic E-state index is 12.9. The number of rotatable bonds is 2. The Morgan fingerprint density at radius 3 is 2.52 bits per heavy atom. The zero-order valence-electron chi connectivity index (χ0n) is 14.5. The highest BCUT2D eigenvalue weighted by Crippen LogP contribution is 2.58. The Bertz CT molecular complexity index is 664. The van der Waals surface area contributed by atoms with Gasteiger partial charge in [-0.05, 0) is 41.7 Å². The molecule has 0 aliphatic heterocycles. The van der Waals surface area contributed by atoms with Crippen molar-refractivity contribution in [1.29, 1.82) is 0 Å². The van der Waals surface area contributed by atoms with Gasteiger partial charge in [0.1, 0.15) is 0 Å². The van der Waals surface area contributed by atoms with E-state index in [4.69, 9.17) is 0 Å². The number of allylic oxidation sites excluding steroid dienone is 6. The summed E-state index contributed by atoms with van der Waals surface area (Å²) in [5.74, 6) is -0.526. The number of carbonyl (C=O) groups is 2. The van der Waals surface area contributed by atoms with Gasteiger partial charge >= 0.3 is 0 Å². The summed E-state index contributed by atoms with van der Waals surface area (Å²) in [5, 5.41) is 9.92. The van der Waals surface area contributed by atoms with Gasteiger partial charge in [0.2, 0.25) is 11.6 Å². The Balaban J connectivity index is 2.16. The fraction of sp³-hybridized carbons (Fsp3) is 0.600. The molecule has 3 aliphatic rings. The molecule has 0 spiro atoms. The maximum absolute atomic E-state index is 12.9. The van der Waals surface area contributed by atoms with Crippen molar-refractivity contribution < 1.29 is 14.7 Å². The summed E-state index contributed by atoms with van der Waals surface area (Å²) in [4.78, 5) is 25.4. The molecule has 1 unspecified atom stereocenters. The van der Waals surface area contributed by atoms with Crippen LogP contribution in [0.4, 0.5) is 0 Å². The van der Waals surface area contributed by atoms with Crippen molar-refractivity contribution in [1.82, 2.24) is 0 Å². The fourth-order valence-electron chi connectivity index (χ4n) is 4.87. The summed E-state index contributed by atoms with van der Waals surface area (Å²) in [6.07, 6.45) is 8.87. The second-order valence-corrected chi connectivity index (χ2v) is 8.16. The molecule has 0 aromatic heterocycles. The predicted molar refractivity (Wildman–Crippen MR) is 89.7 cm³/mol. The second-order valence-electron chi connectivity index (χ2n) is 8.16. The molecular weight excluding hydrogens is 288 g/mol. The van der Waals surface area contributed by atoms with E-state index in [1.165, 1.54) is 0 Å². The van der Waals surface area contributed by atoms with Crippen LogP contribution in [-0.2, 0) is 9.59 Å². The van der Waals surface area contributed by atoms with Gasteiger partial charge in [0, 0.05) is 23.2 Å². The number of fused-ring (bicyclic) bond motifs is 2. The van der Waals surface area contributed by atoms with Crippen LogP contribution in [0, 0.1) is 22.7 Å². The van der Waals surface area contributed by atoms with Crippen molar-refractivity contribution >= 4 is 11.6 Å². The molecule has 23 heavy (non-hydrogen) atoms. The monoisotopic (exact) mass is 314 g/mol. The highest BCUT2D eigenvalue weighted by atomic mass is 16.3. The average Bonchev–Trinajstić information content (AvgIpc) is 2.49. The molecule has 0 amide bonds. The SMILES string of the molecule is CC(C)C1=CC2=C(C(=O)C1=O)[C@@]1(C)CCC[C@@](C)(CO)C1C=C2. The lowest BCUT2D eigenvalue weighted by molar-refractivity contribution is -0.134. The molecule has 0 saturated heterocycles. The lowest BCUT2D eigenvalue weighted by Crippen LogP contribution is -2.49. The number of aliphatic hydroxyl groups excluding tert-OH is 1. The summed E-state index contributed by atoms with van der Waals surface area (Å²) in [6.45, 7) is 8.19. The van der Waals surface area contributed by atoms with Crippen LogP contribution < -0.4 is 0 Å². The van der Waals surface area contributed by atoms with E-state index in [1.54, 1.807) is 0 Å². The zero-order valence-corrected chi connectivity index (χ0v) is 14.5. The van der Waals surface area contributed by atoms with Crippen LogP contribution in [-0.4, -0.2) is 23.3 Å². The number of hydrogen-bond acceptors (Lipinski definition) is 3. The molecule has 0 aromatic carbocycles. The van der Waals surface area contributed by atoms with Gasteiger partial charge in [0.15, 0.2) is 0 Å². The van der Waals surface area contributed by atoms with E-state index in [9.17, 15) is 14.7 Å². The van der Waals surface area contributed by atoms with Crippen LogP contribution in [0.25, 0.3) is 0 Å². The topological polar surface area (TPSA) is 54.4 Å². The first kappa shape index (κ1) is 16.4. The van der Waals surface area contributed by atoms with Gasteiger partial charge in [-0.3, -0.25) is 9.59 Å². The van der Waals surface area contributed by atoms with Crippen LogP contribution in [0.5, 0.6) is 0 Å². The molecule has 1 N–H and O–H groups in total. The first-order valence-corrected chi connectivity index (χ1v) is 8.59. The molecule has 3 rings (SSSR count). The van der Waals surface area contributed by atoms with E-state index in [0.717, 1.165) is 24.8 Å². The minimum atomic E-state index is -0.356. The highest BCUT2D eigenvalue weighted by molar-refractivity contribution is 6.50. The van der Waals surface area contributed by atoms with Crippen molar-refractivity contribution in [3.8, 4) is 0 Å². The first-order valence-electron chi connectivity index (χ1n) is 8.59. The van der Waals surface area contributed by atoms with Gasteiger partial charge in [-0.25, -0.2) is 0 Å². The molecular formula is C20H26O3. The summed E-state index contributed by atoms with van der Waals surface area (Å²) >= 11 is 0. The number of aliphatic hydroxyl groups is 1. The Morgan fingerprint density at radius 1 is 1.22 bits per heavy atom. The van der Waals surface area contributed by atoms with Gasteiger partial charge in [-0.1, -0.05) is 46.3 Å². The molecule has 3 nitrogen and oxygen atoms in total. The Kier molecular flexibility index (Phi) is 3.75. The summed E-state index contributed by atoms with van der Waals surface area (Å²) in [7, 11) is 0. The molecule has 3 heteroatoms. The lowest BCUT2D eigenvalue weighted by atomic mass is 9.50. The van der Waals surface area contributed by atoms with Crippen LogP contribution in [0.2, 0.25) is 0 Å². The van der Waals surface area contributed by atoms with E-state index in [0.29, 0.717) is 11.1 Å². The number of ketones is 2. The van der Waals surface area contributed by atoms with Gasteiger partial charge in [-0.15, -0.1) is 0 Å². The summed E-state index contributed by atoms with van der Waals surface area (Å²) in [6, 6.07) is 0. The van der Waals surface area contributed by atoms with Crippen molar-refractivity contribution in [2.45, 2.75) is 47.0 Å². The van der Waals surface area contributed by atoms with Crippen LogP contribution in [0.3, 0.4) is 0 Å². The average molecular weight is 314 g/mol. The minimum absolute atomic E-state index is 0.0495. The van der Waals surface area contributed by atoms with E-state index in [1.807, 2.05) is 26.0 Å². The van der Waals surface area contributed by atoms with Crippen LogP contribution in [0.15, 0.2) is 34.9 Å². The van der Waals surface area contributed by atoms with Crippen molar-refractivity contribution in [2.24, 2.45) is 22.7 Å². The van der Waals surface area contributed by atoms with Crippen LogP contribution >= 0.6 is 0 Å². The molecule has 0 heterocycles. The third-order valence-corrected chi connectivity index (χ3v) is 6.20. The molecule has 0 aromatic rings. The minimum Gasteiger partial charge on any atom is -0.396 e. The van der Waals surface area contributed by atoms with Crippen LogP contribution in [0.1, 0.15) is 47.0 Å². The van der Waals surface area contributed by atoms with Gasteiger partial charge in [0.25, 0.3) is 0 Å². The summed E-state index contributed by atoms with van der Waals surface area (Å²) in [5.41, 5.74) is 1.61. The van der Waals surface area contributed by atoms with E-state index in [-0.39, 0.29) is 40.8 Å². The molecule has 1 saturated carbocycles. The standard InChI is InChI=1S/C20H26O3/c1-12(2)14-10-13-6-7-15-19(3,11-21)8-5-9-20(15,4)16(13)18(23)17(14)22/h6-7,10,12,15,21H,5,8-9,11H2,1-4H3/t15?,19-,20-/m0/s1. The normalized spacial score (nSPS) is 37.0. The number of Topliss-reactive ketones (excluding diaryl/α,β-unsaturated/α-hetero) is 2. The molecule has 3 atom stereocenters. The predicted octanol–water partition coefficient (Wildman–Crippen LogP) is 3.39. The molecule has 0 bridgehead atoms. The highest BCUT2D eigenvalue weighted by Gasteiger charge is 2.54. The smallest absolute Gasteiger partial charge is 0.230 e. The Morgan fingerprint density at radius 2 is 1.91 bits per heavy atom. The zero-order chi connectivity index (χ0) is 17.0. The number of carbonyl (C=O) groups excluding carboxylic acids is 2. The van der Waals surface area contributed by atoms with E-state index < -0.39 is 0 Å². The maximum Gasteiger partial charge on any atom is 0.230 e. The molecule has 3 aliphatic carbocycles. The first-order chi connectivity index (χ1) is 10.7. The quantitative estimate of drug-likeness (QED) is 0.628. The van der Waals surface area contributed by atoms with Gasteiger partial charge in [-0.2, -0.15) is 0 Å². The molecule has 124 valence electrons. The van der Waals surface area contributed by atoms with E-state index >= 15 is 0 Å². The number of hydrogen-bond donors (Lipinski definition) is 1. The lowest BCUT2D eigenvalue weighted by Gasteiger charge is -2.53. The van der Waals surface area contributed by atoms with Crippen molar-refractivity contribution in [3.63, 3.8) is 0 Å². The largest absolute Gasteiger partial charge is 0.396 e. The van der Waals surface area contributed by atoms with Crippen molar-refractivity contribution in [2.75, 3.05) is 6.61 Å².